The maximum absolute atomic E-state index is 12.9. The smallest absolute Gasteiger partial charge is 0.207 e. The van der Waals surface area contributed by atoms with Gasteiger partial charge in [-0.05, 0) is 50.5 Å². The second-order valence-corrected chi connectivity index (χ2v) is 8.08. The van der Waals surface area contributed by atoms with Crippen LogP contribution in [0.15, 0.2) is 63.6 Å². The molecule has 0 amide bonds. The van der Waals surface area contributed by atoms with Crippen molar-refractivity contribution < 1.29 is 8.42 Å². The summed E-state index contributed by atoms with van der Waals surface area (Å²) in [6.07, 6.45) is 5.19. The van der Waals surface area contributed by atoms with Crippen molar-refractivity contribution in [1.82, 2.24) is 4.31 Å². The minimum Gasteiger partial charge on any atom is -0.207 e. The average molecular weight is 315 g/mol. The number of allylic oxidation sites excluding steroid dienone is 4. The van der Waals surface area contributed by atoms with Crippen LogP contribution in [0.2, 0.25) is 0 Å². The fraction of sp³-hybridized carbons (Fsp3) is 0.333. The molecule has 2 aliphatic rings. The van der Waals surface area contributed by atoms with Crippen molar-refractivity contribution in [2.75, 3.05) is 13.1 Å². The largest absolute Gasteiger partial charge is 0.243 e. The molecule has 0 bridgehead atoms. The Labute approximate surface area is 132 Å². The van der Waals surface area contributed by atoms with Crippen LogP contribution in [0.5, 0.6) is 0 Å². The van der Waals surface area contributed by atoms with Crippen LogP contribution < -0.4 is 0 Å². The molecular weight excluding hydrogens is 294 g/mol. The van der Waals surface area contributed by atoms with Crippen LogP contribution in [0, 0.1) is 6.92 Å². The number of rotatable bonds is 2. The Morgan fingerprint density at radius 2 is 1.59 bits per heavy atom. The van der Waals surface area contributed by atoms with E-state index in [1.54, 1.807) is 16.4 Å². The first-order chi connectivity index (χ1) is 10.4. The van der Waals surface area contributed by atoms with Crippen molar-refractivity contribution >= 4 is 10.0 Å². The molecule has 1 aliphatic heterocycles. The summed E-state index contributed by atoms with van der Waals surface area (Å²) in [5.41, 5.74) is 5.84. The highest BCUT2D eigenvalue weighted by Gasteiger charge is 2.29. The number of sulfonamides is 1. The van der Waals surface area contributed by atoms with Gasteiger partial charge in [-0.25, -0.2) is 8.42 Å². The van der Waals surface area contributed by atoms with E-state index in [-0.39, 0.29) is 0 Å². The van der Waals surface area contributed by atoms with E-state index < -0.39 is 10.0 Å². The fourth-order valence-electron chi connectivity index (χ4n) is 3.10. The van der Waals surface area contributed by atoms with E-state index in [1.165, 1.54) is 11.1 Å². The highest BCUT2D eigenvalue weighted by Crippen LogP contribution is 2.33. The van der Waals surface area contributed by atoms with Crippen molar-refractivity contribution in [2.45, 2.75) is 32.1 Å². The van der Waals surface area contributed by atoms with Gasteiger partial charge in [0.15, 0.2) is 0 Å². The molecule has 1 aliphatic carbocycles. The maximum atomic E-state index is 12.9. The summed E-state index contributed by atoms with van der Waals surface area (Å²) in [5, 5.41) is 0. The van der Waals surface area contributed by atoms with E-state index in [0.717, 1.165) is 23.1 Å². The van der Waals surface area contributed by atoms with Gasteiger partial charge in [0.05, 0.1) is 4.90 Å². The lowest BCUT2D eigenvalue weighted by Crippen LogP contribution is -2.33. The Hall–Kier alpha value is -1.65. The van der Waals surface area contributed by atoms with Crippen molar-refractivity contribution in [2.24, 2.45) is 0 Å². The molecular formula is C18H21NO2S. The summed E-state index contributed by atoms with van der Waals surface area (Å²) in [6.45, 7) is 6.95. The van der Waals surface area contributed by atoms with Gasteiger partial charge in [0, 0.05) is 13.1 Å². The minimum atomic E-state index is -3.46. The molecule has 0 radical (unpaired) electrons. The van der Waals surface area contributed by atoms with E-state index in [9.17, 15) is 8.42 Å². The Kier molecular flexibility index (Phi) is 3.83. The molecule has 1 aromatic carbocycles. The van der Waals surface area contributed by atoms with Gasteiger partial charge in [0.25, 0.3) is 0 Å². The molecule has 0 saturated carbocycles. The molecule has 3 rings (SSSR count). The Balaban J connectivity index is 2.01. The highest BCUT2D eigenvalue weighted by molar-refractivity contribution is 7.89. The van der Waals surface area contributed by atoms with Gasteiger partial charge in [-0.2, -0.15) is 4.31 Å². The Morgan fingerprint density at radius 1 is 0.955 bits per heavy atom. The van der Waals surface area contributed by atoms with Crippen molar-refractivity contribution in [1.29, 1.82) is 0 Å². The molecule has 1 aromatic rings. The quantitative estimate of drug-likeness (QED) is 0.836. The molecule has 0 aromatic heterocycles. The predicted octanol–water partition coefficient (Wildman–Crippen LogP) is 3.59. The number of fused-ring (bicyclic) bond motifs is 1. The van der Waals surface area contributed by atoms with E-state index in [0.29, 0.717) is 18.0 Å². The number of hydrogen-bond acceptors (Lipinski definition) is 2. The first kappa shape index (κ1) is 15.3. The Bertz CT molecular complexity index is 796. The van der Waals surface area contributed by atoms with Crippen LogP contribution in [0.1, 0.15) is 25.8 Å². The summed E-state index contributed by atoms with van der Waals surface area (Å²) < 4.78 is 27.4. The van der Waals surface area contributed by atoms with E-state index >= 15 is 0 Å². The van der Waals surface area contributed by atoms with Gasteiger partial charge in [-0.3, -0.25) is 0 Å². The van der Waals surface area contributed by atoms with E-state index in [4.69, 9.17) is 0 Å². The monoisotopic (exact) mass is 315 g/mol. The average Bonchev–Trinajstić information content (AvgIpc) is 2.92. The van der Waals surface area contributed by atoms with Gasteiger partial charge in [0.2, 0.25) is 10.0 Å². The van der Waals surface area contributed by atoms with Crippen LogP contribution in [0.25, 0.3) is 0 Å². The maximum Gasteiger partial charge on any atom is 0.243 e. The molecule has 0 N–H and O–H groups in total. The molecule has 0 unspecified atom stereocenters. The lowest BCUT2D eigenvalue weighted by Gasteiger charge is -2.22. The summed E-state index contributed by atoms with van der Waals surface area (Å²) in [4.78, 5) is 0.372. The van der Waals surface area contributed by atoms with E-state index in [1.807, 2.05) is 32.9 Å². The molecule has 0 atom stereocenters. The molecule has 3 nitrogen and oxygen atoms in total. The van der Waals surface area contributed by atoms with Crippen LogP contribution in [-0.2, 0) is 10.0 Å². The third-order valence-electron chi connectivity index (χ3n) is 4.39. The van der Waals surface area contributed by atoms with Crippen molar-refractivity contribution in [3.63, 3.8) is 0 Å². The van der Waals surface area contributed by atoms with Gasteiger partial charge in [-0.15, -0.1) is 0 Å². The molecule has 4 heteroatoms. The van der Waals surface area contributed by atoms with Gasteiger partial charge in [0.1, 0.15) is 0 Å². The van der Waals surface area contributed by atoms with Gasteiger partial charge < -0.3 is 0 Å². The summed E-state index contributed by atoms with van der Waals surface area (Å²) >= 11 is 0. The molecule has 0 fully saturated rings. The number of benzene rings is 1. The summed E-state index contributed by atoms with van der Waals surface area (Å²) in [5.74, 6) is 0. The lowest BCUT2D eigenvalue weighted by atomic mass is 10.0. The van der Waals surface area contributed by atoms with Crippen LogP contribution in [0.3, 0.4) is 0 Å². The zero-order chi connectivity index (χ0) is 15.9. The van der Waals surface area contributed by atoms with Crippen molar-refractivity contribution in [3.05, 3.63) is 64.3 Å². The molecule has 0 spiro atoms. The molecule has 22 heavy (non-hydrogen) atoms. The number of aryl methyl sites for hydroxylation is 1. The summed E-state index contributed by atoms with van der Waals surface area (Å²) in [6, 6.07) is 7.08. The topological polar surface area (TPSA) is 37.4 Å². The lowest BCUT2D eigenvalue weighted by molar-refractivity contribution is 0.461. The Morgan fingerprint density at radius 3 is 2.27 bits per heavy atom. The predicted molar refractivity (Wildman–Crippen MR) is 89.1 cm³/mol. The zero-order valence-corrected chi connectivity index (χ0v) is 14.1. The molecule has 0 saturated heterocycles. The van der Waals surface area contributed by atoms with Crippen LogP contribution >= 0.6 is 0 Å². The zero-order valence-electron chi connectivity index (χ0n) is 13.3. The first-order valence-electron chi connectivity index (χ1n) is 7.51. The first-order valence-corrected chi connectivity index (χ1v) is 8.95. The standard InChI is InChI=1S/C18H21NO2S/c1-13-7-9-16(10-8-13)22(20,21)19-11-14(2)17-5-4-6-18(17)15(3)12-19/h4-5,7-10H,6,11-12H2,1-3H3. The third kappa shape index (κ3) is 2.57. The van der Waals surface area contributed by atoms with Crippen LogP contribution in [-0.4, -0.2) is 25.8 Å². The fourth-order valence-corrected chi connectivity index (χ4v) is 4.61. The molecule has 1 heterocycles. The third-order valence-corrected chi connectivity index (χ3v) is 6.20. The summed E-state index contributed by atoms with van der Waals surface area (Å²) in [7, 11) is -3.46. The van der Waals surface area contributed by atoms with Gasteiger partial charge in [-0.1, -0.05) is 41.0 Å². The normalized spacial score (nSPS) is 19.6. The SMILES string of the molecule is CC1=C2C=CCC2=C(C)CN(S(=O)(=O)c2ccc(C)cc2)C1. The highest BCUT2D eigenvalue weighted by atomic mass is 32.2. The number of nitrogens with zero attached hydrogens (tertiary/aromatic N) is 1. The minimum absolute atomic E-state index is 0.372. The van der Waals surface area contributed by atoms with Gasteiger partial charge >= 0.3 is 0 Å². The van der Waals surface area contributed by atoms with Crippen molar-refractivity contribution in [3.8, 4) is 0 Å². The second-order valence-electron chi connectivity index (χ2n) is 6.15. The number of hydrogen-bond donors (Lipinski definition) is 0. The second kappa shape index (κ2) is 5.52. The van der Waals surface area contributed by atoms with E-state index in [2.05, 4.69) is 12.2 Å². The molecule has 116 valence electrons. The van der Waals surface area contributed by atoms with Crippen LogP contribution in [0.4, 0.5) is 0 Å².